The first-order chi connectivity index (χ1) is 68.2. The number of nitrogens with one attached hydrogen (secondary N) is 2. The summed E-state index contributed by atoms with van der Waals surface area (Å²) in [5, 5.41) is 64.1. The summed E-state index contributed by atoms with van der Waals surface area (Å²) in [5.74, 6) is -0.808. The van der Waals surface area contributed by atoms with Gasteiger partial charge in [-0.25, -0.2) is 50.4 Å². The number of hydrogen-bond acceptors (Lipinski definition) is 28. The third-order valence-corrected chi connectivity index (χ3v) is 41.5. The fraction of sp³-hybridized carbons (Fsp3) is 0.667. The zero-order valence-corrected chi connectivity index (χ0v) is 94.3. The summed E-state index contributed by atoms with van der Waals surface area (Å²) in [6, 6.07) is 24.1. The minimum atomic E-state index is -4.26. The number of carbonyl (C=O) groups excluding carboxylic acids is 5. The van der Waals surface area contributed by atoms with Crippen molar-refractivity contribution in [2.45, 2.75) is 309 Å². The van der Waals surface area contributed by atoms with Gasteiger partial charge in [0.2, 0.25) is 17.3 Å². The summed E-state index contributed by atoms with van der Waals surface area (Å²) >= 11 is 0. The number of anilines is 2. The molecule has 6 aromatic rings. The zero-order valence-electron chi connectivity index (χ0n) is 90.6. The van der Waals surface area contributed by atoms with E-state index in [1.165, 1.54) is 143 Å². The Labute approximate surface area is 871 Å². The molecule has 43 heteroatoms. The minimum Gasteiger partial charge on any atom is -0.477 e. The van der Waals surface area contributed by atoms with E-state index in [0.717, 1.165) is 25.4 Å². The van der Waals surface area contributed by atoms with Crippen molar-refractivity contribution in [3.63, 3.8) is 0 Å². The third kappa shape index (κ3) is 35.1. The topological polar surface area (TPSA) is 445 Å². The minimum absolute atomic E-state index is 0.00966. The Morgan fingerprint density at radius 2 is 0.926 bits per heavy atom. The SMILES string of the molecule is C=C(CO)C(=O)OC.CC1(C)CC(=O)C(CO)C1.CC1(C)CC(CO)CN1c1nc(-n2ccc(OCCC3(C(F)(F)F)CC3)n2)ccc1C(=O)NS(=O)(=O)c1ccccc1.CC1(C)CC(CO[Si](C)(C)C(C)(C)C)CN1c1nc(-n2ccc(OCCC3(C(F)(F)F)CC3)n2)ccc1C(=O)NS(=O)(=O)c1ccccc1.CC1(C)CCC(CO)C1.CC1(C)CCC(CO[Si](C)(C)C(C)(C)C)C1.COC(=O)C(CO)CC(C)(C)[N+](=O)[O-]. The van der Waals surface area contributed by atoms with Crippen molar-refractivity contribution in [1.82, 2.24) is 39.0 Å². The first kappa shape index (κ1) is 126. The normalized spacial score (nSPS) is 20.5. The number of aliphatic hydroxyl groups excluding tert-OH is 5. The molecule has 13 rings (SSSR count). The van der Waals surface area contributed by atoms with Gasteiger partial charge in [-0.05, 0) is 237 Å². The molecule has 6 heterocycles. The molecule has 0 bridgehead atoms. The number of ether oxygens (including phenoxy) is 4. The first-order valence-electron chi connectivity index (χ1n) is 50.3. The molecular weight excluding hydrogens is 2000 g/mol. The van der Waals surface area contributed by atoms with Gasteiger partial charge in [-0.3, -0.25) is 29.3 Å². The quantitative estimate of drug-likeness (QED) is 0.00492. The Morgan fingerprint density at radius 3 is 1.22 bits per heavy atom. The van der Waals surface area contributed by atoms with Crippen LogP contribution >= 0.6 is 0 Å². The van der Waals surface area contributed by atoms with Crippen molar-refractivity contribution < 1.29 is 125 Å². The number of nitro groups is 1. The number of aromatic nitrogens is 6. The van der Waals surface area contributed by atoms with Crippen LogP contribution in [0.1, 0.15) is 254 Å². The third-order valence-electron chi connectivity index (χ3n) is 29.8. The Kier molecular flexibility index (Phi) is 42.9. The van der Waals surface area contributed by atoms with Crippen molar-refractivity contribution >= 4 is 77.9 Å². The van der Waals surface area contributed by atoms with Gasteiger partial charge in [0.25, 0.3) is 31.9 Å². The number of carbonyl (C=O) groups is 5. The van der Waals surface area contributed by atoms with Gasteiger partial charge in [0.1, 0.15) is 17.4 Å². The van der Waals surface area contributed by atoms with Crippen molar-refractivity contribution in [2.75, 3.05) is 96.6 Å². The maximum absolute atomic E-state index is 13.7. The first-order valence-corrected chi connectivity index (χ1v) is 59.1. The molecule has 7 aliphatic rings. The molecule has 7 N–H and O–H groups in total. The molecule has 33 nitrogen and oxygen atoms in total. The van der Waals surface area contributed by atoms with E-state index < -0.39 is 118 Å². The smallest absolute Gasteiger partial charge is 0.394 e. The Bertz CT molecular complexity index is 5650. The van der Waals surface area contributed by atoms with Crippen LogP contribution in [0.4, 0.5) is 38.0 Å². The van der Waals surface area contributed by atoms with Crippen LogP contribution in [0.25, 0.3) is 11.6 Å². The predicted octanol–water partition coefficient (Wildman–Crippen LogP) is 18.8. The zero-order chi connectivity index (χ0) is 112. The fourth-order valence-electron chi connectivity index (χ4n) is 18.2. The van der Waals surface area contributed by atoms with Crippen LogP contribution in [-0.4, -0.2) is 239 Å². The lowest BCUT2D eigenvalue weighted by Crippen LogP contribution is -2.42. The molecule has 4 aromatic heterocycles. The van der Waals surface area contributed by atoms with E-state index in [2.05, 4.69) is 150 Å². The molecule has 2 aromatic carbocycles. The predicted molar refractivity (Wildman–Crippen MR) is 557 cm³/mol. The van der Waals surface area contributed by atoms with E-state index in [4.69, 9.17) is 43.7 Å². The summed E-state index contributed by atoms with van der Waals surface area (Å²) in [4.78, 5) is 82.8. The Hall–Kier alpha value is -9.32. The second-order valence-electron chi connectivity index (χ2n) is 47.4. The largest absolute Gasteiger partial charge is 0.477 e. The van der Waals surface area contributed by atoms with Crippen molar-refractivity contribution in [3.8, 4) is 23.4 Å². The number of aliphatic hydroxyl groups is 5. The number of amides is 2. The number of methoxy groups -OCH3 is 2. The van der Waals surface area contributed by atoms with Gasteiger partial charge in [-0.15, -0.1) is 10.2 Å². The monoisotopic (exact) mass is 2160 g/mol. The molecule has 830 valence electrons. The lowest BCUT2D eigenvalue weighted by molar-refractivity contribution is -0.562. The second kappa shape index (κ2) is 50.5. The molecule has 0 radical (unpaired) electrons. The van der Waals surface area contributed by atoms with Gasteiger partial charge in [0, 0.05) is 124 Å². The van der Waals surface area contributed by atoms with Gasteiger partial charge in [0.15, 0.2) is 28.3 Å². The number of halogens is 6. The summed E-state index contributed by atoms with van der Waals surface area (Å²) in [6.45, 7) is 51.8. The highest BCUT2D eigenvalue weighted by atomic mass is 32.2. The number of hydrogen-bond donors (Lipinski definition) is 7. The molecule has 2 aliphatic heterocycles. The van der Waals surface area contributed by atoms with Crippen LogP contribution in [-0.2, 0) is 52.8 Å². The van der Waals surface area contributed by atoms with Crippen molar-refractivity contribution in [2.24, 2.45) is 62.6 Å². The highest BCUT2D eigenvalue weighted by molar-refractivity contribution is 7.90. The van der Waals surface area contributed by atoms with E-state index in [9.17, 15) is 82.4 Å². The highest BCUT2D eigenvalue weighted by Crippen LogP contribution is 2.61. The van der Waals surface area contributed by atoms with Crippen LogP contribution in [0.15, 0.2) is 131 Å². The van der Waals surface area contributed by atoms with Gasteiger partial charge in [-0.2, -0.15) is 26.3 Å². The molecule has 2 saturated heterocycles. The van der Waals surface area contributed by atoms with Crippen LogP contribution in [0.2, 0.25) is 36.3 Å². The number of pyridine rings is 2. The maximum Gasteiger partial charge on any atom is 0.394 e. The molecule has 5 saturated carbocycles. The molecule has 148 heavy (non-hydrogen) atoms. The number of sulfonamides is 2. The van der Waals surface area contributed by atoms with Crippen LogP contribution in [0.3, 0.4) is 0 Å². The second-order valence-corrected chi connectivity index (χ2v) is 60.4. The number of rotatable bonds is 34. The van der Waals surface area contributed by atoms with Gasteiger partial charge in [-0.1, -0.05) is 126 Å². The Balaban J connectivity index is 0.000000265. The van der Waals surface area contributed by atoms with Crippen molar-refractivity contribution in [3.05, 3.63) is 143 Å². The fourth-order valence-corrected chi connectivity index (χ4v) is 22.3. The van der Waals surface area contributed by atoms with Crippen molar-refractivity contribution in [1.29, 1.82) is 0 Å². The molecule has 0 spiro atoms. The van der Waals surface area contributed by atoms with E-state index in [-0.39, 0.29) is 168 Å². The lowest BCUT2D eigenvalue weighted by Gasteiger charge is -2.37. The van der Waals surface area contributed by atoms with E-state index >= 15 is 0 Å². The van der Waals surface area contributed by atoms with Gasteiger partial charge < -0.3 is 63.1 Å². The molecule has 6 unspecified atom stereocenters. The van der Waals surface area contributed by atoms with Gasteiger partial charge >= 0.3 is 24.3 Å². The summed E-state index contributed by atoms with van der Waals surface area (Å²) in [5.41, 5.74) is -4.24. The maximum atomic E-state index is 13.7. The molecule has 5 aliphatic carbocycles. The average Bonchev–Trinajstić information content (AvgIpc) is 1.60. The molecule has 6 atom stereocenters. The van der Waals surface area contributed by atoms with Crippen LogP contribution in [0.5, 0.6) is 11.8 Å². The summed E-state index contributed by atoms with van der Waals surface area (Å²) in [7, 11) is -9.47. The standard InChI is InChI=1S/C34H46F3N5O5SSi.C28H32F3N5O5S.C14H30OSi.C8H15NO5.C8H14O2.C8H16O.C5H8O3/c1-31(2,3)49(6,7)47-23-24-21-32(4,5)41(22-24)29-26(30(43)40-48(44,45)25-11-9-8-10-12-25)13-14-27(38-29)42-19-15-28(39-42)46-20-18-33(16-17-33)34(35,36)37;1-26(2)16-19(18-37)17-35(26)24-21(25(38)34-42(39,40)20-6-4-3-5-7-20)8-9-22(32-24)36-14-10-23(33-36)41-15-13-27(11-12-27)28(29,30)31;1-13(2,3)16(6,7)15-11-12-8-9-14(4,5)10-12;1-8(2,9(12)13)4-6(5-10)7(11)14-3;1-8(2)3-6(5-9)7(10)4-8;1-8(2)4-3-7(5-8)6-9;1-4(3-6)5(7)8-2/h8-15,19,24H,16-18,20-23H2,1-7H3,(H,40,43);3-10,14,19,37H,11-13,15-18H2,1-2H3,(H,34,38);12H,8-11H2,1-7H3;6,10H,4-5H2,1-3H3;6,9H,3-5H2,1-2H3;7,9H,3-6H2,1-2H3;6H,1,3H2,2H3. The number of alkyl halides is 6. The van der Waals surface area contributed by atoms with E-state index in [1.807, 2.05) is 37.5 Å². The number of ketones is 1. The van der Waals surface area contributed by atoms with E-state index in [0.29, 0.717) is 66.7 Å². The molecule has 2 amide bonds. The number of benzene rings is 2. The van der Waals surface area contributed by atoms with Crippen LogP contribution in [0, 0.1) is 72.7 Å². The van der Waals surface area contributed by atoms with Gasteiger partial charge in [0.05, 0.1) is 90.5 Å². The summed E-state index contributed by atoms with van der Waals surface area (Å²) < 4.78 is 171. The summed E-state index contributed by atoms with van der Waals surface area (Å²) in [6.07, 6.45) is 5.29. The number of nitrogens with zero attached hydrogens (tertiary/aromatic N) is 9. The highest BCUT2D eigenvalue weighted by Gasteiger charge is 2.64. The van der Waals surface area contributed by atoms with Crippen LogP contribution < -0.4 is 28.7 Å². The lowest BCUT2D eigenvalue weighted by atomic mass is 9.91. The molecular formula is C105H161F6N11O22S2Si2. The average molecular weight is 2160 g/mol. The molecule has 7 fully saturated rings. The number of Topliss-reactive ketones (excluding diaryl/α,β-unsaturated/α-hetero) is 1. The Morgan fingerprint density at radius 1 is 0.534 bits per heavy atom. The van der Waals surface area contributed by atoms with E-state index in [1.54, 1.807) is 42.6 Å². The number of esters is 2.